The van der Waals surface area contributed by atoms with Gasteiger partial charge in [-0.25, -0.2) is 9.13 Å². The zero-order valence-electron chi connectivity index (χ0n) is 14.0. The highest BCUT2D eigenvalue weighted by atomic mass is 16.4. The number of nitrogens with zero attached hydrogens (tertiary/aromatic N) is 2. The second-order valence-corrected chi connectivity index (χ2v) is 5.50. The molecule has 1 aromatic rings. The van der Waals surface area contributed by atoms with Crippen LogP contribution in [-0.4, -0.2) is 10.5 Å². The maximum absolute atomic E-state index is 8.89. The van der Waals surface area contributed by atoms with Crippen LogP contribution in [0.4, 0.5) is 0 Å². The van der Waals surface area contributed by atoms with Crippen LogP contribution in [0.1, 0.15) is 72.1 Å². The van der Waals surface area contributed by atoms with Gasteiger partial charge in [0.1, 0.15) is 12.4 Å². The van der Waals surface area contributed by atoms with Crippen LogP contribution in [0.15, 0.2) is 18.7 Å². The number of hydrogen-bond donors (Lipinski definition) is 0. The molecule has 4 heteroatoms. The van der Waals surface area contributed by atoms with Crippen molar-refractivity contribution in [3.05, 3.63) is 18.7 Å². The highest BCUT2D eigenvalue weighted by Crippen LogP contribution is 2.01. The Morgan fingerprint density at radius 2 is 1.62 bits per heavy atom. The molecule has 0 bridgehead atoms. The number of aromatic nitrogens is 2. The topological polar surface area (TPSA) is 48.9 Å². The van der Waals surface area contributed by atoms with E-state index < -0.39 is 5.97 Å². The Hall–Kier alpha value is -1.32. The van der Waals surface area contributed by atoms with Crippen LogP contribution < -0.4 is 9.67 Å². The van der Waals surface area contributed by atoms with Gasteiger partial charge in [0.25, 0.3) is 0 Å². The van der Waals surface area contributed by atoms with Crippen molar-refractivity contribution in [3.63, 3.8) is 0 Å². The summed E-state index contributed by atoms with van der Waals surface area (Å²) in [6.45, 7) is 7.86. The lowest BCUT2D eigenvalue weighted by Crippen LogP contribution is -2.30. The molecule has 0 aliphatic heterocycles. The Morgan fingerprint density at radius 3 is 2.19 bits per heavy atom. The van der Waals surface area contributed by atoms with E-state index in [0.717, 1.165) is 6.92 Å². The number of carboxylic acid groups (broad SMARTS) is 1. The molecular weight excluding hydrogens is 264 g/mol. The summed E-state index contributed by atoms with van der Waals surface area (Å²) >= 11 is 0. The van der Waals surface area contributed by atoms with Crippen molar-refractivity contribution >= 4 is 5.97 Å². The molecule has 1 heterocycles. The van der Waals surface area contributed by atoms with E-state index in [4.69, 9.17) is 9.90 Å². The van der Waals surface area contributed by atoms with Crippen molar-refractivity contribution in [2.45, 2.75) is 85.2 Å². The number of hydrogen-bond acceptors (Lipinski definition) is 2. The van der Waals surface area contributed by atoms with E-state index in [9.17, 15) is 0 Å². The first kappa shape index (κ1) is 19.7. The molecule has 0 N–H and O–H groups in total. The van der Waals surface area contributed by atoms with Crippen LogP contribution in [0.25, 0.3) is 0 Å². The highest BCUT2D eigenvalue weighted by Gasteiger charge is 2.02. The molecule has 21 heavy (non-hydrogen) atoms. The largest absolute Gasteiger partial charge is 0.550 e. The molecule has 0 aliphatic carbocycles. The lowest BCUT2D eigenvalue weighted by atomic mass is 10.2. The van der Waals surface area contributed by atoms with Gasteiger partial charge in [0.15, 0.2) is 0 Å². The smallest absolute Gasteiger partial charge is 0.243 e. The van der Waals surface area contributed by atoms with Crippen molar-refractivity contribution in [1.82, 2.24) is 4.57 Å². The molecule has 0 unspecified atom stereocenters. The van der Waals surface area contributed by atoms with E-state index in [2.05, 4.69) is 41.7 Å². The number of carboxylic acids is 1. The number of unbranched alkanes of at least 4 members (excludes halogenated alkanes) is 6. The number of rotatable bonds is 10. The minimum atomic E-state index is -1.08. The van der Waals surface area contributed by atoms with E-state index >= 15 is 0 Å². The van der Waals surface area contributed by atoms with E-state index in [1.54, 1.807) is 0 Å². The van der Waals surface area contributed by atoms with Gasteiger partial charge >= 0.3 is 0 Å². The summed E-state index contributed by atoms with van der Waals surface area (Å²) in [5.41, 5.74) is 0. The second kappa shape index (κ2) is 13.7. The number of aryl methyl sites for hydroxylation is 2. The Balaban J connectivity index is 0.000000885. The lowest BCUT2D eigenvalue weighted by Gasteiger charge is -1.97. The molecule has 0 aromatic carbocycles. The third kappa shape index (κ3) is 13.4. The van der Waals surface area contributed by atoms with Crippen molar-refractivity contribution in [1.29, 1.82) is 0 Å². The molecule has 1 rings (SSSR count). The summed E-state index contributed by atoms with van der Waals surface area (Å²) in [4.78, 5) is 8.89. The molecule has 1 aromatic heterocycles. The SMILES string of the molecule is CC(=O)[O-].CCCCCCn1cc[n+](CCCCCC)c1. The Kier molecular flexibility index (Phi) is 12.8. The van der Waals surface area contributed by atoms with Gasteiger partial charge in [-0.2, -0.15) is 0 Å². The quantitative estimate of drug-likeness (QED) is 0.492. The Morgan fingerprint density at radius 1 is 1.05 bits per heavy atom. The van der Waals surface area contributed by atoms with Crippen LogP contribution >= 0.6 is 0 Å². The zero-order valence-corrected chi connectivity index (χ0v) is 14.0. The average Bonchev–Trinajstić information content (AvgIpc) is 2.87. The standard InChI is InChI=1S/C15H29N2.C2H4O2/c1-3-5-7-9-11-16-13-14-17(15-16)12-10-8-6-4-2;1-2(3)4/h13-15H,3-12H2,1-2H3;1H3,(H,3,4)/q+1;/p-1. The Bertz CT molecular complexity index is 331. The van der Waals surface area contributed by atoms with E-state index in [-0.39, 0.29) is 0 Å². The van der Waals surface area contributed by atoms with Crippen molar-refractivity contribution in [2.75, 3.05) is 0 Å². The highest BCUT2D eigenvalue weighted by molar-refractivity contribution is 5.60. The summed E-state index contributed by atoms with van der Waals surface area (Å²) in [6.07, 6.45) is 17.4. The molecule has 0 saturated carbocycles. The molecule has 4 nitrogen and oxygen atoms in total. The minimum absolute atomic E-state index is 0.972. The first-order valence-corrected chi connectivity index (χ1v) is 8.32. The van der Waals surface area contributed by atoms with E-state index in [0.29, 0.717) is 0 Å². The van der Waals surface area contributed by atoms with Crippen molar-refractivity contribution in [2.24, 2.45) is 0 Å². The number of carbonyl (C=O) groups excluding carboxylic acids is 1. The maximum Gasteiger partial charge on any atom is 0.243 e. The van der Waals surface area contributed by atoms with Crippen LogP contribution in [0.5, 0.6) is 0 Å². The fourth-order valence-electron chi connectivity index (χ4n) is 2.15. The van der Waals surface area contributed by atoms with Crippen LogP contribution in [0.2, 0.25) is 0 Å². The predicted molar refractivity (Wildman–Crippen MR) is 83.6 cm³/mol. The van der Waals surface area contributed by atoms with Gasteiger partial charge < -0.3 is 9.90 Å². The fraction of sp³-hybridized carbons (Fsp3) is 0.765. The van der Waals surface area contributed by atoms with Gasteiger partial charge in [-0.3, -0.25) is 0 Å². The molecule has 0 aliphatic rings. The average molecular weight is 296 g/mol. The fourth-order valence-corrected chi connectivity index (χ4v) is 2.15. The molecule has 0 atom stereocenters. The van der Waals surface area contributed by atoms with Gasteiger partial charge in [-0.15, -0.1) is 0 Å². The van der Waals surface area contributed by atoms with Crippen molar-refractivity contribution < 1.29 is 14.5 Å². The normalized spacial score (nSPS) is 10.0. The zero-order chi connectivity index (χ0) is 15.9. The lowest BCUT2D eigenvalue weighted by molar-refractivity contribution is -0.696. The molecule has 0 amide bonds. The third-order valence-electron chi connectivity index (χ3n) is 3.29. The molecule has 0 radical (unpaired) electrons. The summed E-state index contributed by atoms with van der Waals surface area (Å²) in [5, 5.41) is 8.89. The van der Waals surface area contributed by atoms with Gasteiger partial charge in [0.05, 0.1) is 13.1 Å². The minimum Gasteiger partial charge on any atom is -0.550 e. The number of aliphatic carboxylic acids is 1. The second-order valence-electron chi connectivity index (χ2n) is 5.50. The first-order chi connectivity index (χ1) is 10.1. The van der Waals surface area contributed by atoms with Gasteiger partial charge in [0.2, 0.25) is 6.33 Å². The van der Waals surface area contributed by atoms with Crippen molar-refractivity contribution in [3.8, 4) is 0 Å². The van der Waals surface area contributed by atoms with E-state index in [1.165, 1.54) is 64.5 Å². The van der Waals surface area contributed by atoms with Crippen LogP contribution in [-0.2, 0) is 17.9 Å². The molecular formula is C17H32N2O2. The van der Waals surface area contributed by atoms with Crippen LogP contribution in [0.3, 0.4) is 0 Å². The molecule has 122 valence electrons. The monoisotopic (exact) mass is 296 g/mol. The van der Waals surface area contributed by atoms with Crippen LogP contribution in [0, 0.1) is 0 Å². The predicted octanol–water partition coefficient (Wildman–Crippen LogP) is 2.69. The first-order valence-electron chi connectivity index (χ1n) is 8.32. The summed E-state index contributed by atoms with van der Waals surface area (Å²) in [5.74, 6) is -1.08. The van der Waals surface area contributed by atoms with Gasteiger partial charge in [0, 0.05) is 5.97 Å². The van der Waals surface area contributed by atoms with Gasteiger partial charge in [-0.1, -0.05) is 39.5 Å². The third-order valence-corrected chi connectivity index (χ3v) is 3.29. The maximum atomic E-state index is 8.89. The van der Waals surface area contributed by atoms with E-state index in [1.807, 2.05) is 0 Å². The number of imidazole rings is 1. The summed E-state index contributed by atoms with van der Waals surface area (Å²) in [7, 11) is 0. The molecule has 0 spiro atoms. The summed E-state index contributed by atoms with van der Waals surface area (Å²) in [6, 6.07) is 0. The van der Waals surface area contributed by atoms with Gasteiger partial charge in [-0.05, 0) is 32.6 Å². The molecule has 0 fully saturated rings. The number of carbonyl (C=O) groups is 1. The molecule has 0 saturated heterocycles. The Labute approximate surface area is 129 Å². The summed E-state index contributed by atoms with van der Waals surface area (Å²) < 4.78 is 4.66.